The van der Waals surface area contributed by atoms with Crippen LogP contribution in [0.15, 0.2) is 78.9 Å². The summed E-state index contributed by atoms with van der Waals surface area (Å²) < 4.78 is 5.63. The Bertz CT molecular complexity index is 915. The van der Waals surface area contributed by atoms with E-state index in [1.165, 1.54) is 0 Å². The first-order chi connectivity index (χ1) is 13.7. The number of amides is 1. The molecule has 0 aromatic heterocycles. The molecule has 0 spiro atoms. The number of hydrogen-bond donors (Lipinski definition) is 2. The second-order valence-corrected chi connectivity index (χ2v) is 6.75. The fraction of sp³-hybridized carbons (Fsp3) is 0.174. The van der Waals surface area contributed by atoms with Crippen molar-refractivity contribution in [2.24, 2.45) is 0 Å². The third kappa shape index (κ3) is 5.12. The van der Waals surface area contributed by atoms with Crippen LogP contribution in [0.5, 0.6) is 5.75 Å². The highest BCUT2D eigenvalue weighted by molar-refractivity contribution is 6.31. The molecule has 0 heterocycles. The van der Waals surface area contributed by atoms with Gasteiger partial charge in [0.2, 0.25) is 0 Å². The van der Waals surface area contributed by atoms with Gasteiger partial charge in [0, 0.05) is 16.1 Å². The molecule has 0 aliphatic rings. The molecule has 3 rings (SSSR count). The Hall–Kier alpha value is -2.82. The molecular formula is C23H24ClN2O2+. The third-order valence-electron chi connectivity index (χ3n) is 4.42. The second kappa shape index (κ2) is 9.93. The van der Waals surface area contributed by atoms with Crippen molar-refractivity contribution in [2.75, 3.05) is 11.9 Å². The predicted octanol–water partition coefficient (Wildman–Crippen LogP) is 4.18. The molecule has 1 atom stereocenters. The number of quaternary nitrogens is 1. The maximum Gasteiger partial charge on any atom is 0.287 e. The van der Waals surface area contributed by atoms with Crippen molar-refractivity contribution >= 4 is 23.2 Å². The van der Waals surface area contributed by atoms with Crippen molar-refractivity contribution in [3.63, 3.8) is 0 Å². The van der Waals surface area contributed by atoms with Gasteiger partial charge < -0.3 is 15.4 Å². The van der Waals surface area contributed by atoms with Gasteiger partial charge in [-0.05, 0) is 25.1 Å². The van der Waals surface area contributed by atoms with Crippen molar-refractivity contribution in [1.82, 2.24) is 0 Å². The first-order valence-corrected chi connectivity index (χ1v) is 9.71. The molecule has 0 bridgehead atoms. The Labute approximate surface area is 170 Å². The number of carbonyl (C=O) groups excluding carboxylic acids is 1. The van der Waals surface area contributed by atoms with E-state index in [2.05, 4.69) is 5.32 Å². The lowest BCUT2D eigenvalue weighted by atomic mass is 10.1. The van der Waals surface area contributed by atoms with Crippen LogP contribution in [0, 0.1) is 0 Å². The van der Waals surface area contributed by atoms with Gasteiger partial charge in [-0.1, -0.05) is 72.3 Å². The average Bonchev–Trinajstić information content (AvgIpc) is 2.72. The maximum atomic E-state index is 13.1. The summed E-state index contributed by atoms with van der Waals surface area (Å²) in [7, 11) is 0. The summed E-state index contributed by atoms with van der Waals surface area (Å²) in [4.78, 5) is 13.1. The molecule has 5 heteroatoms. The van der Waals surface area contributed by atoms with Crippen LogP contribution in [-0.2, 0) is 11.3 Å². The van der Waals surface area contributed by atoms with Gasteiger partial charge in [-0.2, -0.15) is 0 Å². The third-order valence-corrected chi connectivity index (χ3v) is 4.79. The Morgan fingerprint density at radius 1 is 1.00 bits per heavy atom. The summed E-state index contributed by atoms with van der Waals surface area (Å²) in [5.74, 6) is 0.557. The zero-order valence-corrected chi connectivity index (χ0v) is 16.5. The van der Waals surface area contributed by atoms with Crippen molar-refractivity contribution < 1.29 is 14.8 Å². The number of para-hydroxylation sites is 2. The average molecular weight is 396 g/mol. The van der Waals surface area contributed by atoms with Crippen LogP contribution in [-0.4, -0.2) is 12.5 Å². The second-order valence-electron chi connectivity index (χ2n) is 6.34. The van der Waals surface area contributed by atoms with Gasteiger partial charge in [-0.25, -0.2) is 0 Å². The summed E-state index contributed by atoms with van der Waals surface area (Å²) in [6.45, 7) is 3.05. The molecule has 3 N–H and O–H groups in total. The topological polar surface area (TPSA) is 54.9 Å². The minimum absolute atomic E-state index is 0.106. The molecule has 0 fully saturated rings. The van der Waals surface area contributed by atoms with E-state index < -0.39 is 6.04 Å². The first-order valence-electron chi connectivity index (χ1n) is 9.33. The molecule has 1 amide bonds. The van der Waals surface area contributed by atoms with E-state index >= 15 is 0 Å². The van der Waals surface area contributed by atoms with Gasteiger partial charge in [0.05, 0.1) is 12.3 Å². The molecule has 144 valence electrons. The van der Waals surface area contributed by atoms with Crippen molar-refractivity contribution in [3.05, 3.63) is 95.0 Å². The van der Waals surface area contributed by atoms with Crippen molar-refractivity contribution in [3.8, 4) is 5.75 Å². The highest BCUT2D eigenvalue weighted by Crippen LogP contribution is 2.25. The van der Waals surface area contributed by atoms with Gasteiger partial charge in [0.15, 0.2) is 6.04 Å². The number of benzene rings is 3. The van der Waals surface area contributed by atoms with Crippen LogP contribution in [0.2, 0.25) is 5.02 Å². The fourth-order valence-electron chi connectivity index (χ4n) is 3.03. The standard InChI is InChI=1S/C23H23ClN2O2/c1-2-28-21-15-9-8-14-20(21)26-23(27)22(17-10-4-3-5-11-17)25-16-18-12-6-7-13-19(18)24/h3-15,22,25H,2,16H2,1H3,(H,26,27)/p+1/t22-/m1/s1. The van der Waals surface area contributed by atoms with E-state index in [1.807, 2.05) is 91.1 Å². The zero-order valence-electron chi connectivity index (χ0n) is 15.8. The number of nitrogens with two attached hydrogens (primary N) is 1. The Morgan fingerprint density at radius 2 is 1.68 bits per heavy atom. The molecule has 0 unspecified atom stereocenters. The summed E-state index contributed by atoms with van der Waals surface area (Å²) >= 11 is 6.28. The molecule has 0 radical (unpaired) electrons. The molecule has 0 saturated carbocycles. The summed E-state index contributed by atoms with van der Waals surface area (Å²) in [6, 6.07) is 24.5. The van der Waals surface area contributed by atoms with Gasteiger partial charge in [0.1, 0.15) is 12.3 Å². The first kappa shape index (κ1) is 19.9. The number of carbonyl (C=O) groups is 1. The number of nitrogens with one attached hydrogen (secondary N) is 1. The van der Waals surface area contributed by atoms with Gasteiger partial charge >= 0.3 is 0 Å². The molecule has 0 saturated heterocycles. The molecule has 0 aliphatic heterocycles. The molecule has 4 nitrogen and oxygen atoms in total. The van der Waals surface area contributed by atoms with Gasteiger partial charge in [-0.3, -0.25) is 4.79 Å². The van der Waals surface area contributed by atoms with E-state index in [0.29, 0.717) is 29.6 Å². The molecular weight excluding hydrogens is 372 g/mol. The highest BCUT2D eigenvalue weighted by atomic mass is 35.5. The smallest absolute Gasteiger partial charge is 0.287 e. The number of ether oxygens (including phenoxy) is 1. The maximum absolute atomic E-state index is 13.1. The molecule has 0 aliphatic carbocycles. The van der Waals surface area contributed by atoms with Crippen LogP contribution in [0.1, 0.15) is 24.1 Å². The summed E-state index contributed by atoms with van der Waals surface area (Å²) in [5.41, 5.74) is 2.59. The monoisotopic (exact) mass is 395 g/mol. The predicted molar refractivity (Wildman–Crippen MR) is 113 cm³/mol. The fourth-order valence-corrected chi connectivity index (χ4v) is 3.24. The number of rotatable bonds is 8. The largest absolute Gasteiger partial charge is 0.492 e. The van der Waals surface area contributed by atoms with Crippen molar-refractivity contribution in [2.45, 2.75) is 19.5 Å². The minimum Gasteiger partial charge on any atom is -0.492 e. The van der Waals surface area contributed by atoms with Crippen molar-refractivity contribution in [1.29, 1.82) is 0 Å². The Kier molecular flexibility index (Phi) is 7.06. The molecule has 28 heavy (non-hydrogen) atoms. The summed E-state index contributed by atoms with van der Waals surface area (Å²) in [6.07, 6.45) is 0. The van der Waals surface area contributed by atoms with E-state index in [4.69, 9.17) is 16.3 Å². The Balaban J connectivity index is 1.81. The van der Waals surface area contributed by atoms with Crippen LogP contribution >= 0.6 is 11.6 Å². The van der Waals surface area contributed by atoms with E-state index in [9.17, 15) is 4.79 Å². The van der Waals surface area contributed by atoms with Crippen LogP contribution in [0.4, 0.5) is 5.69 Å². The van der Waals surface area contributed by atoms with Crippen LogP contribution in [0.3, 0.4) is 0 Å². The lowest BCUT2D eigenvalue weighted by Crippen LogP contribution is -2.85. The quantitative estimate of drug-likeness (QED) is 0.601. The van der Waals surface area contributed by atoms with E-state index in [-0.39, 0.29) is 5.91 Å². The lowest BCUT2D eigenvalue weighted by Gasteiger charge is -2.18. The lowest BCUT2D eigenvalue weighted by molar-refractivity contribution is -0.697. The Morgan fingerprint density at radius 3 is 2.43 bits per heavy atom. The normalized spacial score (nSPS) is 11.6. The van der Waals surface area contributed by atoms with Crippen LogP contribution in [0.25, 0.3) is 0 Å². The van der Waals surface area contributed by atoms with E-state index in [1.54, 1.807) is 0 Å². The zero-order chi connectivity index (χ0) is 19.8. The highest BCUT2D eigenvalue weighted by Gasteiger charge is 2.25. The van der Waals surface area contributed by atoms with Crippen LogP contribution < -0.4 is 15.4 Å². The number of halogens is 1. The van der Waals surface area contributed by atoms with E-state index in [0.717, 1.165) is 11.1 Å². The number of anilines is 1. The van der Waals surface area contributed by atoms with Gasteiger partial charge in [0.25, 0.3) is 5.91 Å². The van der Waals surface area contributed by atoms with Gasteiger partial charge in [-0.15, -0.1) is 0 Å². The minimum atomic E-state index is -0.410. The number of hydrogen-bond acceptors (Lipinski definition) is 2. The SMILES string of the molecule is CCOc1ccccc1NC(=O)[C@H]([NH2+]Cc1ccccc1Cl)c1ccccc1. The summed E-state index contributed by atoms with van der Waals surface area (Å²) in [5, 5.41) is 5.71. The molecule has 3 aromatic rings. The molecule has 3 aromatic carbocycles.